The number of amides is 1. The van der Waals surface area contributed by atoms with Crippen molar-refractivity contribution < 1.29 is 9.53 Å². The van der Waals surface area contributed by atoms with Crippen LogP contribution >= 0.6 is 0 Å². The third-order valence-electron chi connectivity index (χ3n) is 2.28. The van der Waals surface area contributed by atoms with E-state index < -0.39 is 0 Å². The zero-order valence-corrected chi connectivity index (χ0v) is 9.76. The number of unbranched alkanes of at least 4 members (excludes halogenated alkanes) is 5. The van der Waals surface area contributed by atoms with Crippen molar-refractivity contribution in [2.45, 2.75) is 38.5 Å². The number of carbonyl (C=O) groups is 1. The van der Waals surface area contributed by atoms with Crippen LogP contribution in [0.25, 0.3) is 0 Å². The van der Waals surface area contributed by atoms with E-state index in [-0.39, 0.29) is 12.5 Å². The number of hydrogen-bond acceptors (Lipinski definition) is 3. The van der Waals surface area contributed by atoms with E-state index in [4.69, 9.17) is 10.5 Å². The number of nitrogens with two attached hydrogens (primary N) is 1. The molecule has 0 aromatic heterocycles. The van der Waals surface area contributed by atoms with Gasteiger partial charge in [0.25, 0.3) is 0 Å². The summed E-state index contributed by atoms with van der Waals surface area (Å²) in [4.78, 5) is 10.8. The molecule has 0 aromatic carbocycles. The summed E-state index contributed by atoms with van der Waals surface area (Å²) in [5, 5.41) is 2.76. The second kappa shape index (κ2) is 11.5. The summed E-state index contributed by atoms with van der Waals surface area (Å²) < 4.78 is 4.97. The fourth-order valence-electron chi connectivity index (χ4n) is 1.38. The number of methoxy groups -OCH3 is 1. The van der Waals surface area contributed by atoms with Crippen LogP contribution in [0.5, 0.6) is 0 Å². The molecule has 15 heavy (non-hydrogen) atoms. The van der Waals surface area contributed by atoms with Crippen molar-refractivity contribution >= 4 is 5.91 Å². The number of nitrogens with one attached hydrogen (secondary N) is 1. The Morgan fingerprint density at radius 3 is 2.33 bits per heavy atom. The van der Waals surface area contributed by atoms with Gasteiger partial charge in [-0.1, -0.05) is 25.7 Å². The van der Waals surface area contributed by atoms with Gasteiger partial charge in [-0.15, -0.1) is 0 Å². The SMILES string of the molecule is COCCCCCCCCNC(=O)CN. The summed E-state index contributed by atoms with van der Waals surface area (Å²) in [6, 6.07) is 0. The van der Waals surface area contributed by atoms with E-state index in [1.165, 1.54) is 25.7 Å². The molecule has 0 bridgehead atoms. The molecular formula is C11H24N2O2. The van der Waals surface area contributed by atoms with E-state index in [0.29, 0.717) is 0 Å². The molecule has 0 aliphatic carbocycles. The van der Waals surface area contributed by atoms with Crippen molar-refractivity contribution in [3.8, 4) is 0 Å². The van der Waals surface area contributed by atoms with Crippen molar-refractivity contribution in [3.63, 3.8) is 0 Å². The summed E-state index contributed by atoms with van der Waals surface area (Å²) in [6.07, 6.45) is 7.12. The Morgan fingerprint density at radius 2 is 1.73 bits per heavy atom. The average Bonchev–Trinajstić information content (AvgIpc) is 2.26. The van der Waals surface area contributed by atoms with Gasteiger partial charge in [0, 0.05) is 20.3 Å². The Morgan fingerprint density at radius 1 is 1.13 bits per heavy atom. The van der Waals surface area contributed by atoms with Crippen LogP contribution < -0.4 is 11.1 Å². The van der Waals surface area contributed by atoms with Gasteiger partial charge in [0.1, 0.15) is 0 Å². The van der Waals surface area contributed by atoms with Gasteiger partial charge in [0.05, 0.1) is 6.54 Å². The highest BCUT2D eigenvalue weighted by atomic mass is 16.5. The van der Waals surface area contributed by atoms with E-state index in [1.54, 1.807) is 7.11 Å². The molecule has 0 radical (unpaired) electrons. The Bertz CT molecular complexity index is 152. The van der Waals surface area contributed by atoms with Gasteiger partial charge in [-0.2, -0.15) is 0 Å². The van der Waals surface area contributed by atoms with Crippen LogP contribution in [-0.4, -0.2) is 32.7 Å². The molecule has 3 N–H and O–H groups in total. The normalized spacial score (nSPS) is 10.3. The van der Waals surface area contributed by atoms with Gasteiger partial charge in [0.15, 0.2) is 0 Å². The van der Waals surface area contributed by atoms with Crippen LogP contribution in [0.3, 0.4) is 0 Å². The van der Waals surface area contributed by atoms with Crippen molar-refractivity contribution in [2.75, 3.05) is 26.8 Å². The molecule has 0 atom stereocenters. The molecule has 0 rings (SSSR count). The van der Waals surface area contributed by atoms with E-state index in [0.717, 1.165) is 26.0 Å². The largest absolute Gasteiger partial charge is 0.385 e. The molecule has 0 spiro atoms. The lowest BCUT2D eigenvalue weighted by atomic mass is 10.1. The fraction of sp³-hybridized carbons (Fsp3) is 0.909. The Labute approximate surface area is 92.6 Å². The maximum Gasteiger partial charge on any atom is 0.233 e. The second-order valence-electron chi connectivity index (χ2n) is 3.67. The molecule has 4 heteroatoms. The number of hydrogen-bond donors (Lipinski definition) is 2. The standard InChI is InChI=1S/C11H24N2O2/c1-15-9-7-5-3-2-4-6-8-13-11(14)10-12/h2-10,12H2,1H3,(H,13,14). The first kappa shape index (κ1) is 14.4. The number of rotatable bonds is 10. The fourth-order valence-corrected chi connectivity index (χ4v) is 1.38. The minimum Gasteiger partial charge on any atom is -0.385 e. The monoisotopic (exact) mass is 216 g/mol. The Balaban J connectivity index is 2.95. The van der Waals surface area contributed by atoms with Gasteiger partial charge in [0.2, 0.25) is 5.91 Å². The topological polar surface area (TPSA) is 64.3 Å². The predicted molar refractivity (Wildman–Crippen MR) is 61.6 cm³/mol. The van der Waals surface area contributed by atoms with Crippen LogP contribution in [0, 0.1) is 0 Å². The highest BCUT2D eigenvalue weighted by Crippen LogP contribution is 2.04. The minimum atomic E-state index is -0.0601. The predicted octanol–water partition coefficient (Wildman–Crippen LogP) is 1.05. The maximum atomic E-state index is 10.8. The van der Waals surface area contributed by atoms with Gasteiger partial charge < -0.3 is 15.8 Å². The van der Waals surface area contributed by atoms with Gasteiger partial charge in [-0.05, 0) is 12.8 Å². The second-order valence-corrected chi connectivity index (χ2v) is 3.67. The summed E-state index contributed by atoms with van der Waals surface area (Å²) in [5.74, 6) is -0.0601. The van der Waals surface area contributed by atoms with Gasteiger partial charge >= 0.3 is 0 Å². The molecule has 0 aromatic rings. The summed E-state index contributed by atoms with van der Waals surface area (Å²) in [6.45, 7) is 1.72. The van der Waals surface area contributed by atoms with Crippen LogP contribution in [-0.2, 0) is 9.53 Å². The molecule has 0 aliphatic rings. The molecule has 0 saturated carbocycles. The van der Waals surface area contributed by atoms with Crippen molar-refractivity contribution in [1.82, 2.24) is 5.32 Å². The third kappa shape index (κ3) is 11.3. The molecule has 4 nitrogen and oxygen atoms in total. The van der Waals surface area contributed by atoms with E-state index >= 15 is 0 Å². The summed E-state index contributed by atoms with van der Waals surface area (Å²) >= 11 is 0. The third-order valence-corrected chi connectivity index (χ3v) is 2.28. The van der Waals surface area contributed by atoms with Gasteiger partial charge in [-0.3, -0.25) is 4.79 Å². The summed E-state index contributed by atoms with van der Waals surface area (Å²) in [5.41, 5.74) is 5.16. The molecule has 0 aliphatic heterocycles. The maximum absolute atomic E-state index is 10.8. The quantitative estimate of drug-likeness (QED) is 0.536. The van der Waals surface area contributed by atoms with E-state index in [9.17, 15) is 4.79 Å². The Hall–Kier alpha value is -0.610. The van der Waals surface area contributed by atoms with E-state index in [1.807, 2.05) is 0 Å². The molecule has 0 unspecified atom stereocenters. The summed E-state index contributed by atoms with van der Waals surface area (Å²) in [7, 11) is 1.74. The van der Waals surface area contributed by atoms with Crippen molar-refractivity contribution in [2.24, 2.45) is 5.73 Å². The first-order chi connectivity index (χ1) is 7.31. The molecule has 0 fully saturated rings. The lowest BCUT2D eigenvalue weighted by Gasteiger charge is -2.03. The number of carbonyl (C=O) groups excluding carboxylic acids is 1. The average molecular weight is 216 g/mol. The number of ether oxygens (including phenoxy) is 1. The molecule has 90 valence electrons. The Kier molecular flexibility index (Phi) is 11.0. The zero-order chi connectivity index (χ0) is 11.4. The molecular weight excluding hydrogens is 192 g/mol. The highest BCUT2D eigenvalue weighted by molar-refractivity contribution is 5.77. The lowest BCUT2D eigenvalue weighted by molar-refractivity contribution is -0.119. The molecule has 0 heterocycles. The minimum absolute atomic E-state index is 0.0601. The van der Waals surface area contributed by atoms with Crippen LogP contribution in [0.15, 0.2) is 0 Å². The van der Waals surface area contributed by atoms with E-state index in [2.05, 4.69) is 5.32 Å². The van der Waals surface area contributed by atoms with Gasteiger partial charge in [-0.25, -0.2) is 0 Å². The van der Waals surface area contributed by atoms with Crippen molar-refractivity contribution in [3.05, 3.63) is 0 Å². The van der Waals surface area contributed by atoms with Crippen molar-refractivity contribution in [1.29, 1.82) is 0 Å². The van der Waals surface area contributed by atoms with Crippen LogP contribution in [0.1, 0.15) is 38.5 Å². The van der Waals surface area contributed by atoms with Crippen LogP contribution in [0.4, 0.5) is 0 Å². The lowest BCUT2D eigenvalue weighted by Crippen LogP contribution is -2.30. The smallest absolute Gasteiger partial charge is 0.233 e. The highest BCUT2D eigenvalue weighted by Gasteiger charge is 1.95. The first-order valence-electron chi connectivity index (χ1n) is 5.77. The molecule has 0 saturated heterocycles. The zero-order valence-electron chi connectivity index (χ0n) is 9.76. The molecule has 1 amide bonds. The van der Waals surface area contributed by atoms with Crippen LogP contribution in [0.2, 0.25) is 0 Å². The first-order valence-corrected chi connectivity index (χ1v) is 5.77.